The highest BCUT2D eigenvalue weighted by Crippen LogP contribution is 2.38. The van der Waals surface area contributed by atoms with Crippen LogP contribution in [0.25, 0.3) is 22.1 Å². The highest BCUT2D eigenvalue weighted by molar-refractivity contribution is 6.33. The number of halogens is 5. The molecule has 0 spiro atoms. The van der Waals surface area contributed by atoms with Crippen LogP contribution in [0.2, 0.25) is 10.0 Å². The van der Waals surface area contributed by atoms with Crippen molar-refractivity contribution in [2.24, 2.45) is 0 Å². The summed E-state index contributed by atoms with van der Waals surface area (Å²) in [6.45, 7) is 0. The number of alkyl halides is 3. The Morgan fingerprint density at radius 2 is 1.69 bits per heavy atom. The van der Waals surface area contributed by atoms with Gasteiger partial charge in [0.2, 0.25) is 11.2 Å². The predicted octanol–water partition coefficient (Wildman–Crippen LogP) is 6.91. The largest absolute Gasteiger partial charge is 0.450 e. The molecule has 7 nitrogen and oxygen atoms in total. The van der Waals surface area contributed by atoms with E-state index in [1.54, 1.807) is 0 Å². The summed E-state index contributed by atoms with van der Waals surface area (Å²) in [5.74, 6) is -2.92. The number of nitrogens with zero attached hydrogens (tertiary/aromatic N) is 1. The molecule has 12 heteroatoms. The van der Waals surface area contributed by atoms with Crippen LogP contribution in [0.3, 0.4) is 0 Å². The molecule has 1 aromatic heterocycles. The SMILES string of the molecule is O=C(Oc1ccc2c(=O)c(-c3ccc(Cl)cc3)c(C(F)(F)F)oc2c1)c1cc([N+](=O)[O-])ccc1Cl. The first-order valence-electron chi connectivity index (χ1n) is 9.56. The molecule has 4 aromatic rings. The first kappa shape index (κ1) is 24.2. The van der Waals surface area contributed by atoms with Gasteiger partial charge >= 0.3 is 12.1 Å². The number of rotatable bonds is 4. The molecule has 0 aliphatic carbocycles. The van der Waals surface area contributed by atoms with Crippen molar-refractivity contribution in [3.05, 3.63) is 102 Å². The Bertz CT molecular complexity index is 1550. The number of hydrogen-bond acceptors (Lipinski definition) is 6. The van der Waals surface area contributed by atoms with Crippen molar-refractivity contribution in [2.75, 3.05) is 0 Å². The second-order valence-electron chi connectivity index (χ2n) is 7.11. The third-order valence-corrected chi connectivity index (χ3v) is 5.43. The van der Waals surface area contributed by atoms with Crippen LogP contribution in [-0.2, 0) is 6.18 Å². The van der Waals surface area contributed by atoms with Crippen molar-refractivity contribution in [2.45, 2.75) is 6.18 Å². The topological polar surface area (TPSA) is 99.7 Å². The van der Waals surface area contributed by atoms with Gasteiger partial charge in [-0.3, -0.25) is 14.9 Å². The van der Waals surface area contributed by atoms with Crippen molar-refractivity contribution >= 4 is 45.8 Å². The summed E-state index contributed by atoms with van der Waals surface area (Å²) in [7, 11) is 0. The van der Waals surface area contributed by atoms with Gasteiger partial charge in [0.15, 0.2) is 0 Å². The van der Waals surface area contributed by atoms with Crippen LogP contribution in [-0.4, -0.2) is 10.9 Å². The average Bonchev–Trinajstić information content (AvgIpc) is 2.79. The molecule has 4 rings (SSSR count). The molecule has 0 atom stereocenters. The van der Waals surface area contributed by atoms with E-state index in [-0.39, 0.29) is 32.3 Å². The quantitative estimate of drug-likeness (QED) is 0.125. The number of non-ortho nitro benzene ring substituents is 1. The van der Waals surface area contributed by atoms with E-state index in [0.717, 1.165) is 30.3 Å². The fraction of sp³-hybridized carbons (Fsp3) is 0.0435. The Balaban J connectivity index is 1.80. The van der Waals surface area contributed by atoms with E-state index in [0.29, 0.717) is 0 Å². The number of nitro groups is 1. The number of carbonyl (C=O) groups is 1. The van der Waals surface area contributed by atoms with Gasteiger partial charge in [0.1, 0.15) is 11.3 Å². The molecule has 0 bridgehead atoms. The van der Waals surface area contributed by atoms with Crippen molar-refractivity contribution in [1.29, 1.82) is 0 Å². The Morgan fingerprint density at radius 1 is 1.00 bits per heavy atom. The van der Waals surface area contributed by atoms with Gasteiger partial charge in [-0.15, -0.1) is 0 Å². The number of carbonyl (C=O) groups excluding carboxylic acids is 1. The Labute approximate surface area is 203 Å². The third-order valence-electron chi connectivity index (χ3n) is 4.85. The lowest BCUT2D eigenvalue weighted by atomic mass is 10.0. The minimum atomic E-state index is -5.02. The molecule has 0 radical (unpaired) electrons. The average molecular weight is 524 g/mol. The molecule has 0 unspecified atom stereocenters. The maximum Gasteiger partial charge on any atom is 0.450 e. The fourth-order valence-electron chi connectivity index (χ4n) is 3.26. The van der Waals surface area contributed by atoms with E-state index in [2.05, 4.69) is 0 Å². The van der Waals surface area contributed by atoms with Crippen molar-refractivity contribution in [1.82, 2.24) is 0 Å². The van der Waals surface area contributed by atoms with Gasteiger partial charge in [-0.25, -0.2) is 4.79 Å². The predicted molar refractivity (Wildman–Crippen MR) is 121 cm³/mol. The first-order chi connectivity index (χ1) is 16.5. The number of ether oxygens (including phenoxy) is 1. The number of esters is 1. The van der Waals surface area contributed by atoms with Crippen molar-refractivity contribution in [3.63, 3.8) is 0 Å². The van der Waals surface area contributed by atoms with Gasteiger partial charge in [0.25, 0.3) is 5.69 Å². The van der Waals surface area contributed by atoms with E-state index >= 15 is 0 Å². The zero-order chi connectivity index (χ0) is 25.5. The van der Waals surface area contributed by atoms with Crippen LogP contribution >= 0.6 is 23.2 Å². The lowest BCUT2D eigenvalue weighted by Crippen LogP contribution is -2.16. The van der Waals surface area contributed by atoms with E-state index in [4.69, 9.17) is 32.4 Å². The van der Waals surface area contributed by atoms with E-state index in [9.17, 15) is 32.9 Å². The maximum atomic E-state index is 13.8. The van der Waals surface area contributed by atoms with Gasteiger partial charge in [0, 0.05) is 23.2 Å². The van der Waals surface area contributed by atoms with Gasteiger partial charge in [-0.1, -0.05) is 35.3 Å². The zero-order valence-electron chi connectivity index (χ0n) is 17.1. The molecule has 0 aliphatic heterocycles. The molecule has 178 valence electrons. The molecular weight excluding hydrogens is 514 g/mol. The van der Waals surface area contributed by atoms with Crippen LogP contribution in [0.1, 0.15) is 16.1 Å². The molecule has 1 heterocycles. The normalized spacial score (nSPS) is 11.5. The number of nitro benzene ring substituents is 1. The maximum absolute atomic E-state index is 13.8. The van der Waals surface area contributed by atoms with E-state index in [1.807, 2.05) is 0 Å². The summed E-state index contributed by atoms with van der Waals surface area (Å²) in [6.07, 6.45) is -5.02. The molecule has 35 heavy (non-hydrogen) atoms. The summed E-state index contributed by atoms with van der Waals surface area (Å²) in [6, 6.07) is 11.5. The molecule has 0 fully saturated rings. The lowest BCUT2D eigenvalue weighted by molar-refractivity contribution is -0.384. The molecule has 0 N–H and O–H groups in total. The molecule has 0 saturated heterocycles. The summed E-state index contributed by atoms with van der Waals surface area (Å²) in [4.78, 5) is 35.7. The minimum Gasteiger partial charge on any atom is -0.450 e. The first-order valence-corrected chi connectivity index (χ1v) is 10.3. The van der Waals surface area contributed by atoms with Gasteiger partial charge in [0.05, 0.1) is 26.5 Å². The molecule has 0 aliphatic rings. The van der Waals surface area contributed by atoms with Crippen LogP contribution in [0, 0.1) is 10.1 Å². The molecule has 0 amide bonds. The summed E-state index contributed by atoms with van der Waals surface area (Å²) in [5, 5.41) is 10.9. The van der Waals surface area contributed by atoms with Crippen LogP contribution in [0.5, 0.6) is 5.75 Å². The minimum absolute atomic E-state index is 0.0480. The van der Waals surface area contributed by atoms with Gasteiger partial charge in [-0.2, -0.15) is 13.2 Å². The van der Waals surface area contributed by atoms with Crippen LogP contribution in [0.15, 0.2) is 69.9 Å². The van der Waals surface area contributed by atoms with Crippen LogP contribution in [0.4, 0.5) is 18.9 Å². The van der Waals surface area contributed by atoms with Gasteiger partial charge < -0.3 is 9.15 Å². The second-order valence-corrected chi connectivity index (χ2v) is 7.95. The lowest BCUT2D eigenvalue weighted by Gasteiger charge is -2.13. The van der Waals surface area contributed by atoms with E-state index < -0.39 is 45.1 Å². The summed E-state index contributed by atoms with van der Waals surface area (Å²) < 4.78 is 51.5. The number of benzene rings is 3. The monoisotopic (exact) mass is 523 g/mol. The molecule has 3 aromatic carbocycles. The Morgan fingerprint density at radius 3 is 2.31 bits per heavy atom. The van der Waals surface area contributed by atoms with E-state index in [1.165, 1.54) is 30.3 Å². The second kappa shape index (κ2) is 9.05. The van der Waals surface area contributed by atoms with Crippen molar-refractivity contribution in [3.8, 4) is 16.9 Å². The number of fused-ring (bicyclic) bond motifs is 1. The smallest absolute Gasteiger partial charge is 0.450 e. The fourth-order valence-corrected chi connectivity index (χ4v) is 3.58. The third kappa shape index (κ3) is 4.84. The Hall–Kier alpha value is -3.89. The highest BCUT2D eigenvalue weighted by Gasteiger charge is 2.39. The van der Waals surface area contributed by atoms with Crippen LogP contribution < -0.4 is 10.2 Å². The van der Waals surface area contributed by atoms with Crippen molar-refractivity contribution < 1.29 is 32.0 Å². The summed E-state index contributed by atoms with van der Waals surface area (Å²) in [5.41, 5.74) is -2.95. The zero-order valence-corrected chi connectivity index (χ0v) is 18.6. The summed E-state index contributed by atoms with van der Waals surface area (Å²) >= 11 is 11.7. The highest BCUT2D eigenvalue weighted by atomic mass is 35.5. The standard InChI is InChI=1S/C23H10Cl2F3NO6/c24-12-3-1-11(2-4-12)19-20(30)15-7-6-14(10-18(15)35-21(19)23(26,27)28)34-22(31)16-9-13(29(32)33)5-8-17(16)25/h1-10H. The molecule has 0 saturated carbocycles. The van der Waals surface area contributed by atoms with Gasteiger partial charge in [-0.05, 0) is 35.9 Å². The Kier molecular flexibility index (Phi) is 6.27. The molecular formula is C23H10Cl2F3NO6. The number of hydrogen-bond donors (Lipinski definition) is 0.